The van der Waals surface area contributed by atoms with Crippen LogP contribution in [0.1, 0.15) is 36.9 Å². The summed E-state index contributed by atoms with van der Waals surface area (Å²) in [6.07, 6.45) is 1.47. The number of aliphatic imine (C=N–C) groups is 1. The molecule has 2 heterocycles. The van der Waals surface area contributed by atoms with Gasteiger partial charge in [-0.3, -0.25) is 14.9 Å². The number of unbranched alkanes of at least 4 members (excludes halogenated alkanes) is 1. The van der Waals surface area contributed by atoms with Crippen LogP contribution in [-0.4, -0.2) is 43.1 Å². The zero-order valence-corrected chi connectivity index (χ0v) is 17.6. The van der Waals surface area contributed by atoms with Crippen LogP contribution in [0.3, 0.4) is 0 Å². The third-order valence-electron chi connectivity index (χ3n) is 5.24. The van der Waals surface area contributed by atoms with Gasteiger partial charge in [0.25, 0.3) is 5.91 Å². The molecular formula is C23H25N3O5. The van der Waals surface area contributed by atoms with Crippen molar-refractivity contribution in [2.45, 2.75) is 32.4 Å². The molecule has 0 aromatic heterocycles. The summed E-state index contributed by atoms with van der Waals surface area (Å²) in [5, 5.41) is 2.89. The average molecular weight is 423 g/mol. The minimum atomic E-state index is -0.441. The van der Waals surface area contributed by atoms with Crippen molar-refractivity contribution in [2.75, 3.05) is 20.3 Å². The second kappa shape index (κ2) is 9.07. The van der Waals surface area contributed by atoms with Crippen molar-refractivity contribution in [3.05, 3.63) is 53.6 Å². The number of benzene rings is 2. The minimum absolute atomic E-state index is 0.0963. The van der Waals surface area contributed by atoms with Crippen LogP contribution >= 0.6 is 0 Å². The highest BCUT2D eigenvalue weighted by molar-refractivity contribution is 6.08. The van der Waals surface area contributed by atoms with E-state index in [2.05, 4.69) is 10.3 Å². The number of methoxy groups -OCH3 is 1. The molecule has 1 unspecified atom stereocenters. The highest BCUT2D eigenvalue weighted by Gasteiger charge is 2.41. The number of esters is 1. The highest BCUT2D eigenvalue weighted by atomic mass is 16.5. The lowest BCUT2D eigenvalue weighted by atomic mass is 10.0. The van der Waals surface area contributed by atoms with Gasteiger partial charge in [-0.2, -0.15) is 0 Å². The first-order chi connectivity index (χ1) is 15.1. The number of amides is 1. The second-order valence-electron chi connectivity index (χ2n) is 7.36. The largest absolute Gasteiger partial charge is 0.492 e. The summed E-state index contributed by atoms with van der Waals surface area (Å²) >= 11 is 0. The Morgan fingerprint density at radius 3 is 2.68 bits per heavy atom. The fourth-order valence-corrected chi connectivity index (χ4v) is 3.82. The summed E-state index contributed by atoms with van der Waals surface area (Å²) in [4.78, 5) is 30.1. The molecule has 162 valence electrons. The molecule has 2 aliphatic rings. The van der Waals surface area contributed by atoms with Crippen LogP contribution in [0.25, 0.3) is 0 Å². The normalized spacial score (nSPS) is 16.7. The van der Waals surface area contributed by atoms with E-state index in [1.807, 2.05) is 47.4 Å². The molecule has 0 aliphatic carbocycles. The lowest BCUT2D eigenvalue weighted by Crippen LogP contribution is -2.33. The molecule has 1 saturated heterocycles. The van der Waals surface area contributed by atoms with Gasteiger partial charge in [-0.1, -0.05) is 30.3 Å². The van der Waals surface area contributed by atoms with E-state index in [-0.39, 0.29) is 11.9 Å². The number of hydrogen-bond donors (Lipinski definition) is 1. The minimum Gasteiger partial charge on any atom is -0.492 e. The van der Waals surface area contributed by atoms with Gasteiger partial charge in [0.05, 0.1) is 32.6 Å². The van der Waals surface area contributed by atoms with Crippen LogP contribution in [0.5, 0.6) is 11.5 Å². The monoisotopic (exact) mass is 423 g/mol. The van der Waals surface area contributed by atoms with Crippen LogP contribution < -0.4 is 14.8 Å². The Bertz CT molecular complexity index is 1010. The van der Waals surface area contributed by atoms with Crippen LogP contribution in [0.4, 0.5) is 5.69 Å². The number of hydrogen-bond acceptors (Lipinski definition) is 7. The Labute approximate surface area is 180 Å². The summed E-state index contributed by atoms with van der Waals surface area (Å²) in [5.74, 6) is 1.42. The SMILES string of the molecule is COc1c(OCCCCOC(C)=O)ccc2c1CN1C(=N2)NC(=O)C1c1ccccc1. The molecule has 1 N–H and O–H groups in total. The molecule has 0 saturated carbocycles. The summed E-state index contributed by atoms with van der Waals surface area (Å²) in [6, 6.07) is 12.9. The quantitative estimate of drug-likeness (QED) is 0.518. The highest BCUT2D eigenvalue weighted by Crippen LogP contribution is 2.43. The summed E-state index contributed by atoms with van der Waals surface area (Å²) in [6.45, 7) is 2.73. The first kappa shape index (κ1) is 20.7. The van der Waals surface area contributed by atoms with Crippen molar-refractivity contribution in [3.8, 4) is 11.5 Å². The van der Waals surface area contributed by atoms with Crippen molar-refractivity contribution in [2.24, 2.45) is 4.99 Å². The molecule has 0 radical (unpaired) electrons. The predicted molar refractivity (Wildman–Crippen MR) is 114 cm³/mol. The molecule has 8 nitrogen and oxygen atoms in total. The third-order valence-corrected chi connectivity index (χ3v) is 5.24. The van der Waals surface area contributed by atoms with Crippen LogP contribution in [0, 0.1) is 0 Å². The molecule has 0 spiro atoms. The van der Waals surface area contributed by atoms with Gasteiger partial charge in [0.1, 0.15) is 6.04 Å². The molecule has 2 aromatic rings. The first-order valence-corrected chi connectivity index (χ1v) is 10.3. The molecule has 8 heteroatoms. The third kappa shape index (κ3) is 4.33. The number of nitrogens with zero attached hydrogens (tertiary/aromatic N) is 2. The number of nitrogens with one attached hydrogen (secondary N) is 1. The van der Waals surface area contributed by atoms with Crippen molar-refractivity contribution < 1.29 is 23.8 Å². The van der Waals surface area contributed by atoms with Crippen molar-refractivity contribution >= 4 is 23.5 Å². The van der Waals surface area contributed by atoms with E-state index in [4.69, 9.17) is 14.2 Å². The molecule has 1 atom stereocenters. The maximum absolute atomic E-state index is 12.7. The zero-order valence-electron chi connectivity index (χ0n) is 17.6. The average Bonchev–Trinajstić information content (AvgIpc) is 3.09. The van der Waals surface area contributed by atoms with Gasteiger partial charge in [0, 0.05) is 12.5 Å². The summed E-state index contributed by atoms with van der Waals surface area (Å²) in [5.41, 5.74) is 2.54. The Balaban J connectivity index is 1.51. The lowest BCUT2D eigenvalue weighted by Gasteiger charge is -2.29. The van der Waals surface area contributed by atoms with E-state index in [1.165, 1.54) is 6.92 Å². The molecule has 1 amide bonds. The second-order valence-corrected chi connectivity index (χ2v) is 7.36. The van der Waals surface area contributed by atoms with Gasteiger partial charge >= 0.3 is 5.97 Å². The van der Waals surface area contributed by atoms with Gasteiger partial charge < -0.3 is 19.1 Å². The van der Waals surface area contributed by atoms with Crippen molar-refractivity contribution in [1.82, 2.24) is 10.2 Å². The van der Waals surface area contributed by atoms with Crippen LogP contribution in [0.2, 0.25) is 0 Å². The van der Waals surface area contributed by atoms with E-state index in [0.29, 0.717) is 37.2 Å². The molecule has 0 bridgehead atoms. The molecule has 31 heavy (non-hydrogen) atoms. The molecule has 2 aliphatic heterocycles. The molecular weight excluding hydrogens is 398 g/mol. The fourth-order valence-electron chi connectivity index (χ4n) is 3.82. The topological polar surface area (TPSA) is 89.5 Å². The standard InChI is InChI=1S/C23H25N3O5/c1-15(27)30-12-6-7-13-31-19-11-10-18-17(21(19)29-2)14-26-20(16-8-4-3-5-9-16)22(28)25-23(26)24-18/h3-5,8-11,20H,6-7,12-14H2,1-2H3,(H,24,25,28). The van der Waals surface area contributed by atoms with Gasteiger partial charge in [-0.05, 0) is 30.5 Å². The van der Waals surface area contributed by atoms with Gasteiger partial charge in [0.15, 0.2) is 11.5 Å². The molecule has 2 aromatic carbocycles. The number of carbonyl (C=O) groups is 2. The van der Waals surface area contributed by atoms with E-state index in [1.54, 1.807) is 7.11 Å². The smallest absolute Gasteiger partial charge is 0.302 e. The predicted octanol–water partition coefficient (Wildman–Crippen LogP) is 3.09. The van der Waals surface area contributed by atoms with Crippen molar-refractivity contribution in [1.29, 1.82) is 0 Å². The van der Waals surface area contributed by atoms with Crippen LogP contribution in [0.15, 0.2) is 47.5 Å². The van der Waals surface area contributed by atoms with E-state index >= 15 is 0 Å². The molecule has 4 rings (SSSR count). The summed E-state index contributed by atoms with van der Waals surface area (Å²) in [7, 11) is 1.60. The zero-order chi connectivity index (χ0) is 21.8. The van der Waals surface area contributed by atoms with Gasteiger partial charge in [-0.25, -0.2) is 4.99 Å². The Morgan fingerprint density at radius 1 is 1.16 bits per heavy atom. The van der Waals surface area contributed by atoms with Gasteiger partial charge in [0.2, 0.25) is 5.96 Å². The number of ether oxygens (including phenoxy) is 3. The maximum atomic E-state index is 12.7. The number of guanidine groups is 1. The number of rotatable bonds is 8. The maximum Gasteiger partial charge on any atom is 0.302 e. The Hall–Kier alpha value is -3.55. The Kier molecular flexibility index (Phi) is 6.06. The van der Waals surface area contributed by atoms with E-state index < -0.39 is 6.04 Å². The lowest BCUT2D eigenvalue weighted by molar-refractivity contribution is -0.141. The van der Waals surface area contributed by atoms with Gasteiger partial charge in [-0.15, -0.1) is 0 Å². The fraction of sp³-hybridized carbons (Fsp3) is 0.348. The summed E-state index contributed by atoms with van der Waals surface area (Å²) < 4.78 is 16.5. The number of fused-ring (bicyclic) bond motifs is 2. The number of carbonyl (C=O) groups excluding carboxylic acids is 2. The first-order valence-electron chi connectivity index (χ1n) is 10.3. The van der Waals surface area contributed by atoms with E-state index in [9.17, 15) is 9.59 Å². The van der Waals surface area contributed by atoms with E-state index in [0.717, 1.165) is 29.7 Å². The molecule has 1 fully saturated rings. The Morgan fingerprint density at radius 2 is 1.94 bits per heavy atom. The van der Waals surface area contributed by atoms with Crippen LogP contribution in [-0.2, 0) is 20.9 Å². The van der Waals surface area contributed by atoms with Crippen molar-refractivity contribution in [3.63, 3.8) is 0 Å².